The van der Waals surface area contributed by atoms with Gasteiger partial charge >= 0.3 is 0 Å². The number of benzene rings is 3. The molecule has 0 radical (unpaired) electrons. The molecule has 3 aromatic carbocycles. The molecule has 0 atom stereocenters. The van der Waals surface area contributed by atoms with Gasteiger partial charge in [-0.3, -0.25) is 4.79 Å². The monoisotopic (exact) mass is 546 g/mol. The van der Waals surface area contributed by atoms with Gasteiger partial charge in [0.05, 0.1) is 27.2 Å². The number of carbonyl (C=O) groups is 1. The van der Waals surface area contributed by atoms with Gasteiger partial charge in [0.2, 0.25) is 0 Å². The lowest BCUT2D eigenvalue weighted by molar-refractivity contribution is -0.115. The standard InChI is InChI=1S/C26H21Cl3N2O3S/c1-3-33-23-12-16(8-10-22(23)34-14-17-7-9-19(28)20(29)11-17)13-24-25(32)31-26(35-24)30-21-6-4-5-18(27)15(21)2/h4-13H,3,14H2,1-2H3,(H,30,31,32)/b24-13-. The molecular formula is C26H21Cl3N2O3S. The fourth-order valence-electron chi connectivity index (χ4n) is 3.25. The van der Waals surface area contributed by atoms with Crippen LogP contribution in [0.4, 0.5) is 5.69 Å². The van der Waals surface area contributed by atoms with E-state index in [0.717, 1.165) is 16.7 Å². The van der Waals surface area contributed by atoms with E-state index in [9.17, 15) is 4.79 Å². The number of rotatable bonds is 7. The van der Waals surface area contributed by atoms with Crippen LogP contribution in [0.5, 0.6) is 11.5 Å². The van der Waals surface area contributed by atoms with Crippen molar-refractivity contribution in [1.29, 1.82) is 0 Å². The van der Waals surface area contributed by atoms with E-state index in [0.29, 0.717) is 55.5 Å². The predicted molar refractivity (Wildman–Crippen MR) is 145 cm³/mol. The average Bonchev–Trinajstić information content (AvgIpc) is 3.17. The Hall–Kier alpha value is -2.64. The van der Waals surface area contributed by atoms with Crippen molar-refractivity contribution in [2.75, 3.05) is 6.61 Å². The van der Waals surface area contributed by atoms with Gasteiger partial charge in [0, 0.05) is 5.02 Å². The molecule has 1 aliphatic heterocycles. The third-order valence-electron chi connectivity index (χ3n) is 5.06. The Balaban J connectivity index is 1.52. The first-order valence-electron chi connectivity index (χ1n) is 10.7. The van der Waals surface area contributed by atoms with Crippen molar-refractivity contribution in [3.8, 4) is 11.5 Å². The van der Waals surface area contributed by atoms with Crippen molar-refractivity contribution < 1.29 is 14.3 Å². The van der Waals surface area contributed by atoms with E-state index in [-0.39, 0.29) is 5.91 Å². The number of thioether (sulfide) groups is 1. The molecule has 0 bridgehead atoms. The molecule has 9 heteroatoms. The number of hydrogen-bond acceptors (Lipinski definition) is 5. The molecule has 0 aromatic heterocycles. The first-order chi connectivity index (χ1) is 16.8. The molecule has 0 unspecified atom stereocenters. The summed E-state index contributed by atoms with van der Waals surface area (Å²) in [7, 11) is 0. The molecular weight excluding hydrogens is 527 g/mol. The number of amides is 1. The molecule has 180 valence electrons. The second kappa shape index (κ2) is 11.4. The molecule has 0 spiro atoms. The van der Waals surface area contributed by atoms with E-state index in [1.54, 1.807) is 24.3 Å². The van der Waals surface area contributed by atoms with E-state index in [1.165, 1.54) is 11.8 Å². The Labute approximate surface area is 223 Å². The van der Waals surface area contributed by atoms with Crippen LogP contribution in [0.1, 0.15) is 23.6 Å². The molecule has 1 heterocycles. The number of amidine groups is 1. The summed E-state index contributed by atoms with van der Waals surface area (Å²) in [4.78, 5) is 17.6. The maximum atomic E-state index is 12.5. The molecule has 5 nitrogen and oxygen atoms in total. The molecule has 0 aliphatic carbocycles. The lowest BCUT2D eigenvalue weighted by Crippen LogP contribution is -2.19. The van der Waals surface area contributed by atoms with Crippen LogP contribution in [-0.2, 0) is 11.4 Å². The highest BCUT2D eigenvalue weighted by Crippen LogP contribution is 2.34. The lowest BCUT2D eigenvalue weighted by atomic mass is 10.2. The molecule has 1 N–H and O–H groups in total. The number of hydrogen-bond donors (Lipinski definition) is 1. The topological polar surface area (TPSA) is 59.9 Å². The summed E-state index contributed by atoms with van der Waals surface area (Å²) in [6.45, 7) is 4.56. The van der Waals surface area contributed by atoms with Crippen LogP contribution in [0.25, 0.3) is 6.08 Å². The summed E-state index contributed by atoms with van der Waals surface area (Å²) in [5, 5.41) is 4.89. The van der Waals surface area contributed by atoms with E-state index < -0.39 is 0 Å². The van der Waals surface area contributed by atoms with Gasteiger partial charge in [0.25, 0.3) is 5.91 Å². The Bertz CT molecular complexity index is 1340. The van der Waals surface area contributed by atoms with E-state index in [2.05, 4.69) is 10.3 Å². The number of nitrogens with one attached hydrogen (secondary N) is 1. The maximum Gasteiger partial charge on any atom is 0.264 e. The van der Waals surface area contributed by atoms with Crippen LogP contribution >= 0.6 is 46.6 Å². The number of ether oxygens (including phenoxy) is 2. The highest BCUT2D eigenvalue weighted by Gasteiger charge is 2.24. The SMILES string of the molecule is CCOc1cc(/C=C2\SC(=Nc3cccc(Cl)c3C)NC2=O)ccc1OCc1ccc(Cl)c(Cl)c1. The van der Waals surface area contributed by atoms with E-state index in [1.807, 2.05) is 50.2 Å². The number of aliphatic imine (C=N–C) groups is 1. The van der Waals surface area contributed by atoms with Gasteiger partial charge in [-0.05, 0) is 84.8 Å². The second-order valence-electron chi connectivity index (χ2n) is 7.54. The molecule has 1 saturated heterocycles. The summed E-state index contributed by atoms with van der Waals surface area (Å²) in [6, 6.07) is 16.4. The van der Waals surface area contributed by atoms with Crippen LogP contribution in [0, 0.1) is 6.92 Å². The fourth-order valence-corrected chi connectivity index (χ4v) is 4.58. The minimum Gasteiger partial charge on any atom is -0.490 e. The van der Waals surface area contributed by atoms with Crippen LogP contribution < -0.4 is 14.8 Å². The molecule has 1 fully saturated rings. The molecule has 1 amide bonds. The Morgan fingerprint density at radius 3 is 2.57 bits per heavy atom. The van der Waals surface area contributed by atoms with Crippen molar-refractivity contribution in [3.05, 3.63) is 91.3 Å². The van der Waals surface area contributed by atoms with Crippen LogP contribution in [0.15, 0.2) is 64.5 Å². The van der Waals surface area contributed by atoms with Crippen LogP contribution in [0.3, 0.4) is 0 Å². The third-order valence-corrected chi connectivity index (χ3v) is 7.11. The van der Waals surface area contributed by atoms with E-state index >= 15 is 0 Å². The first-order valence-corrected chi connectivity index (χ1v) is 12.7. The number of carbonyl (C=O) groups excluding carboxylic acids is 1. The van der Waals surface area contributed by atoms with Crippen molar-refractivity contribution >= 4 is 69.4 Å². The minimum absolute atomic E-state index is 0.216. The lowest BCUT2D eigenvalue weighted by Gasteiger charge is -2.13. The predicted octanol–water partition coefficient (Wildman–Crippen LogP) is 7.82. The Kier molecular flexibility index (Phi) is 8.29. The number of halogens is 3. The Morgan fingerprint density at radius 1 is 0.971 bits per heavy atom. The van der Waals surface area contributed by atoms with Crippen molar-refractivity contribution in [2.45, 2.75) is 20.5 Å². The second-order valence-corrected chi connectivity index (χ2v) is 9.79. The molecule has 3 aromatic rings. The first kappa shape index (κ1) is 25.5. The zero-order valence-corrected chi connectivity index (χ0v) is 22.0. The zero-order chi connectivity index (χ0) is 24.9. The molecule has 1 aliphatic rings. The van der Waals surface area contributed by atoms with Gasteiger partial charge in [0.1, 0.15) is 6.61 Å². The third kappa shape index (κ3) is 6.33. The Morgan fingerprint density at radius 2 is 1.80 bits per heavy atom. The van der Waals surface area contributed by atoms with Gasteiger partial charge in [-0.25, -0.2) is 4.99 Å². The highest BCUT2D eigenvalue weighted by atomic mass is 35.5. The zero-order valence-electron chi connectivity index (χ0n) is 18.9. The van der Waals surface area contributed by atoms with Gasteiger partial charge in [-0.2, -0.15) is 0 Å². The molecule has 4 rings (SSSR count). The van der Waals surface area contributed by atoms with Gasteiger partial charge in [-0.15, -0.1) is 0 Å². The summed E-state index contributed by atoms with van der Waals surface area (Å²) >= 11 is 19.5. The normalized spacial score (nSPS) is 15.5. The fraction of sp³-hybridized carbons (Fsp3) is 0.154. The van der Waals surface area contributed by atoms with Crippen LogP contribution in [0.2, 0.25) is 15.1 Å². The largest absolute Gasteiger partial charge is 0.490 e. The minimum atomic E-state index is -0.216. The van der Waals surface area contributed by atoms with Gasteiger partial charge in [0.15, 0.2) is 16.7 Å². The summed E-state index contributed by atoms with van der Waals surface area (Å²) < 4.78 is 11.7. The molecule has 0 saturated carbocycles. The highest BCUT2D eigenvalue weighted by molar-refractivity contribution is 8.18. The summed E-state index contributed by atoms with van der Waals surface area (Å²) in [6.07, 6.45) is 1.79. The van der Waals surface area contributed by atoms with Crippen molar-refractivity contribution in [1.82, 2.24) is 5.32 Å². The summed E-state index contributed by atoms with van der Waals surface area (Å²) in [5.74, 6) is 0.947. The number of nitrogens with zero attached hydrogens (tertiary/aromatic N) is 1. The summed E-state index contributed by atoms with van der Waals surface area (Å²) in [5.41, 5.74) is 3.25. The van der Waals surface area contributed by atoms with Crippen LogP contribution in [-0.4, -0.2) is 17.7 Å². The van der Waals surface area contributed by atoms with Gasteiger partial charge < -0.3 is 14.8 Å². The smallest absolute Gasteiger partial charge is 0.264 e. The van der Waals surface area contributed by atoms with Crippen molar-refractivity contribution in [2.24, 2.45) is 4.99 Å². The maximum absolute atomic E-state index is 12.5. The van der Waals surface area contributed by atoms with Gasteiger partial charge in [-0.1, -0.05) is 53.0 Å². The quantitative estimate of drug-likeness (QED) is 0.306. The average molecular weight is 548 g/mol. The van der Waals surface area contributed by atoms with E-state index in [4.69, 9.17) is 44.3 Å². The van der Waals surface area contributed by atoms with Crippen molar-refractivity contribution in [3.63, 3.8) is 0 Å². The molecule has 35 heavy (non-hydrogen) atoms.